The van der Waals surface area contributed by atoms with Crippen LogP contribution in [-0.2, 0) is 25.7 Å². The van der Waals surface area contributed by atoms with E-state index in [2.05, 4.69) is 0 Å². The van der Waals surface area contributed by atoms with Crippen molar-refractivity contribution in [3.05, 3.63) is 35.9 Å². The van der Waals surface area contributed by atoms with Gasteiger partial charge in [0.15, 0.2) is 6.04 Å². The summed E-state index contributed by atoms with van der Waals surface area (Å²) >= 11 is 0. The Morgan fingerprint density at radius 3 is 2.32 bits per heavy atom. The average molecular weight is 309 g/mol. The van der Waals surface area contributed by atoms with Crippen LogP contribution in [0.3, 0.4) is 0 Å². The van der Waals surface area contributed by atoms with Crippen molar-refractivity contribution in [3.63, 3.8) is 0 Å². The van der Waals surface area contributed by atoms with Gasteiger partial charge in [0.25, 0.3) is 0 Å². The minimum Gasteiger partial charge on any atom is -0.480 e. The number of carboxylic acids is 1. The molecular weight excluding hydrogens is 290 g/mol. The number of amides is 1. The van der Waals surface area contributed by atoms with E-state index in [0.29, 0.717) is 0 Å². The van der Waals surface area contributed by atoms with Gasteiger partial charge in [0.1, 0.15) is 12.7 Å². The third kappa shape index (κ3) is 5.08. The third-order valence-corrected chi connectivity index (χ3v) is 2.96. The lowest BCUT2D eigenvalue weighted by Crippen LogP contribution is -2.50. The quantitative estimate of drug-likeness (QED) is 0.803. The number of likely N-dealkylation sites (N-methyl/N-ethyl adjacent to an activating group) is 1. The molecule has 0 unspecified atom stereocenters. The lowest BCUT2D eigenvalue weighted by atomic mass is 10.1. The molecule has 2 atom stereocenters. The maximum Gasteiger partial charge on any atom is 0.410 e. The van der Waals surface area contributed by atoms with Crippen LogP contribution in [0.5, 0.6) is 0 Å². The highest BCUT2D eigenvalue weighted by molar-refractivity contribution is 5.81. The van der Waals surface area contributed by atoms with E-state index < -0.39 is 30.2 Å². The third-order valence-electron chi connectivity index (χ3n) is 2.96. The lowest BCUT2D eigenvalue weighted by molar-refractivity contribution is -0.156. The van der Waals surface area contributed by atoms with Gasteiger partial charge in [0.05, 0.1) is 0 Å². The van der Waals surface area contributed by atoms with Crippen molar-refractivity contribution in [1.82, 2.24) is 4.90 Å². The molecule has 120 valence electrons. The normalized spacial score (nSPS) is 12.9. The molecule has 0 fully saturated rings. The number of hydrogen-bond donors (Lipinski definition) is 1. The molecule has 0 radical (unpaired) electrons. The van der Waals surface area contributed by atoms with Crippen LogP contribution >= 0.6 is 0 Å². The molecule has 0 aromatic heterocycles. The minimum atomic E-state index is -1.33. The molecule has 0 bridgehead atoms. The van der Waals surface area contributed by atoms with E-state index in [9.17, 15) is 19.5 Å². The fourth-order valence-electron chi connectivity index (χ4n) is 1.94. The van der Waals surface area contributed by atoms with Gasteiger partial charge in [0, 0.05) is 14.0 Å². The van der Waals surface area contributed by atoms with Crippen LogP contribution in [0, 0.1) is 0 Å². The van der Waals surface area contributed by atoms with E-state index in [1.54, 1.807) is 24.3 Å². The second kappa shape index (κ2) is 8.02. The molecule has 0 aliphatic heterocycles. The number of carbonyl (C=O) groups excluding carboxylic acids is 2. The zero-order valence-corrected chi connectivity index (χ0v) is 12.7. The summed E-state index contributed by atoms with van der Waals surface area (Å²) in [6.07, 6.45) is -1.81. The first kappa shape index (κ1) is 17.5. The number of carboxylic acid groups (broad SMARTS) is 1. The topological polar surface area (TPSA) is 93.1 Å². The molecule has 1 aromatic rings. The Hall–Kier alpha value is -2.57. The Balaban J connectivity index is 2.68. The van der Waals surface area contributed by atoms with E-state index in [4.69, 9.17) is 9.47 Å². The number of nitrogens with zero attached hydrogens (tertiary/aromatic N) is 1. The number of esters is 1. The van der Waals surface area contributed by atoms with Crippen LogP contribution < -0.4 is 0 Å². The van der Waals surface area contributed by atoms with E-state index >= 15 is 0 Å². The fourth-order valence-corrected chi connectivity index (χ4v) is 1.94. The summed E-state index contributed by atoms with van der Waals surface area (Å²) in [7, 11) is 1.28. The molecule has 1 amide bonds. The van der Waals surface area contributed by atoms with E-state index in [1.165, 1.54) is 20.9 Å². The number of benzene rings is 1. The van der Waals surface area contributed by atoms with Crippen LogP contribution in [-0.4, -0.2) is 47.2 Å². The largest absolute Gasteiger partial charge is 0.480 e. The highest BCUT2D eigenvalue weighted by Crippen LogP contribution is 2.10. The standard InChI is InChI=1S/C15H19NO6/c1-10(22-11(2)17)13(14(18)19)16(3)15(20)21-9-12-7-5-4-6-8-12/h4-8,10,13H,9H2,1-3H3,(H,18,19)/t10-,13-/m0/s1. The van der Waals surface area contributed by atoms with Crippen LogP contribution in [0.4, 0.5) is 4.79 Å². The number of carbonyl (C=O) groups is 3. The molecule has 0 spiro atoms. The van der Waals surface area contributed by atoms with Gasteiger partial charge in [-0.1, -0.05) is 30.3 Å². The van der Waals surface area contributed by atoms with Gasteiger partial charge in [0.2, 0.25) is 0 Å². The van der Waals surface area contributed by atoms with Crippen LogP contribution in [0.15, 0.2) is 30.3 Å². The Morgan fingerprint density at radius 1 is 1.23 bits per heavy atom. The minimum absolute atomic E-state index is 0.0261. The molecular formula is C15H19NO6. The van der Waals surface area contributed by atoms with Crippen molar-refractivity contribution in [2.24, 2.45) is 0 Å². The number of aliphatic carboxylic acids is 1. The molecule has 0 heterocycles. The smallest absolute Gasteiger partial charge is 0.410 e. The maximum atomic E-state index is 12.0. The second-order valence-corrected chi connectivity index (χ2v) is 4.75. The first-order valence-corrected chi connectivity index (χ1v) is 6.66. The molecule has 1 rings (SSSR count). The summed E-state index contributed by atoms with van der Waals surface area (Å²) in [5.41, 5.74) is 0.782. The second-order valence-electron chi connectivity index (χ2n) is 4.75. The number of rotatable bonds is 6. The molecule has 7 heteroatoms. The average Bonchev–Trinajstić information content (AvgIpc) is 2.44. The zero-order valence-electron chi connectivity index (χ0n) is 12.7. The highest BCUT2D eigenvalue weighted by Gasteiger charge is 2.34. The maximum absolute atomic E-state index is 12.0. The van der Waals surface area contributed by atoms with E-state index in [1.807, 2.05) is 6.07 Å². The predicted octanol–water partition coefficient (Wildman–Crippen LogP) is 1.66. The number of hydrogen-bond acceptors (Lipinski definition) is 5. The van der Waals surface area contributed by atoms with Crippen molar-refractivity contribution in [1.29, 1.82) is 0 Å². The zero-order chi connectivity index (χ0) is 16.7. The van der Waals surface area contributed by atoms with Gasteiger partial charge < -0.3 is 14.6 Å². The van der Waals surface area contributed by atoms with Gasteiger partial charge in [-0.25, -0.2) is 9.59 Å². The first-order chi connectivity index (χ1) is 10.3. The van der Waals surface area contributed by atoms with Crippen molar-refractivity contribution in [2.75, 3.05) is 7.05 Å². The molecule has 0 saturated carbocycles. The van der Waals surface area contributed by atoms with Gasteiger partial charge in [-0.3, -0.25) is 9.69 Å². The predicted molar refractivity (Wildman–Crippen MR) is 77.0 cm³/mol. The summed E-state index contributed by atoms with van der Waals surface area (Å²) in [6.45, 7) is 2.60. The van der Waals surface area contributed by atoms with Crippen LogP contribution in [0.1, 0.15) is 19.4 Å². The van der Waals surface area contributed by atoms with Crippen molar-refractivity contribution in [3.8, 4) is 0 Å². The Morgan fingerprint density at radius 2 is 1.82 bits per heavy atom. The van der Waals surface area contributed by atoms with Crippen molar-refractivity contribution < 1.29 is 29.0 Å². The lowest BCUT2D eigenvalue weighted by Gasteiger charge is -2.28. The fraction of sp³-hybridized carbons (Fsp3) is 0.400. The van der Waals surface area contributed by atoms with Gasteiger partial charge >= 0.3 is 18.0 Å². The molecule has 1 aromatic carbocycles. The number of ether oxygens (including phenoxy) is 2. The Bertz CT molecular complexity index is 530. The van der Waals surface area contributed by atoms with Gasteiger partial charge in [-0.15, -0.1) is 0 Å². The molecule has 0 aliphatic rings. The summed E-state index contributed by atoms with van der Waals surface area (Å²) in [5.74, 6) is -1.90. The SMILES string of the molecule is CC(=O)O[C@@H](C)[C@@H](C(=O)O)N(C)C(=O)OCc1ccccc1. The molecule has 1 N–H and O–H groups in total. The molecule has 7 nitrogen and oxygen atoms in total. The Kier molecular flexibility index (Phi) is 6.37. The van der Waals surface area contributed by atoms with Crippen molar-refractivity contribution >= 4 is 18.0 Å². The highest BCUT2D eigenvalue weighted by atomic mass is 16.6. The van der Waals surface area contributed by atoms with Gasteiger partial charge in [-0.2, -0.15) is 0 Å². The van der Waals surface area contributed by atoms with E-state index in [0.717, 1.165) is 10.5 Å². The molecule has 22 heavy (non-hydrogen) atoms. The van der Waals surface area contributed by atoms with Crippen LogP contribution in [0.25, 0.3) is 0 Å². The summed E-state index contributed by atoms with van der Waals surface area (Å²) in [6, 6.07) is 7.67. The summed E-state index contributed by atoms with van der Waals surface area (Å²) < 4.78 is 9.90. The Labute approximate surface area is 128 Å². The monoisotopic (exact) mass is 309 g/mol. The first-order valence-electron chi connectivity index (χ1n) is 6.66. The summed E-state index contributed by atoms with van der Waals surface area (Å²) in [4.78, 5) is 35.1. The van der Waals surface area contributed by atoms with Crippen molar-refractivity contribution in [2.45, 2.75) is 32.6 Å². The summed E-state index contributed by atoms with van der Waals surface area (Å²) in [5, 5.41) is 9.22. The molecule has 0 aliphatic carbocycles. The van der Waals surface area contributed by atoms with Crippen LogP contribution in [0.2, 0.25) is 0 Å². The molecule has 0 saturated heterocycles. The van der Waals surface area contributed by atoms with Gasteiger partial charge in [-0.05, 0) is 12.5 Å². The van der Waals surface area contributed by atoms with E-state index in [-0.39, 0.29) is 6.61 Å².